The van der Waals surface area contributed by atoms with Crippen molar-refractivity contribution in [2.24, 2.45) is 0 Å². The van der Waals surface area contributed by atoms with Crippen LogP contribution in [0.1, 0.15) is 6.42 Å². The molecule has 1 aliphatic rings. The van der Waals surface area contributed by atoms with Crippen molar-refractivity contribution in [2.45, 2.75) is 19.1 Å². The molecule has 0 aromatic carbocycles. The molecule has 1 saturated heterocycles. The Kier molecular flexibility index (Phi) is 2.69. The standard InChI is InChI=1S/C9H16N4O/c10-8-5-11-13(6-8)4-3-12-2-1-9(14)7-12/h5-6,9,14H,1-4,7,10H2. The first-order valence-electron chi connectivity index (χ1n) is 4.92. The molecule has 3 N–H and O–H groups in total. The molecule has 1 fully saturated rings. The highest BCUT2D eigenvalue weighted by molar-refractivity contribution is 5.30. The van der Waals surface area contributed by atoms with E-state index in [0.717, 1.165) is 32.6 Å². The molecule has 14 heavy (non-hydrogen) atoms. The molecule has 0 aliphatic carbocycles. The Balaban J connectivity index is 1.77. The Hall–Kier alpha value is -1.07. The molecule has 2 heterocycles. The lowest BCUT2D eigenvalue weighted by atomic mass is 10.3. The summed E-state index contributed by atoms with van der Waals surface area (Å²) in [5.41, 5.74) is 6.25. The molecule has 0 bridgehead atoms. The summed E-state index contributed by atoms with van der Waals surface area (Å²) in [6.45, 7) is 3.54. The number of aliphatic hydroxyl groups is 1. The normalized spacial score (nSPS) is 23.1. The maximum Gasteiger partial charge on any atom is 0.0719 e. The molecule has 1 aliphatic heterocycles. The van der Waals surface area contributed by atoms with Crippen LogP contribution in [0.5, 0.6) is 0 Å². The number of anilines is 1. The summed E-state index contributed by atoms with van der Waals surface area (Å²) in [6, 6.07) is 0. The van der Waals surface area contributed by atoms with Gasteiger partial charge in [-0.1, -0.05) is 0 Å². The maximum absolute atomic E-state index is 9.32. The first kappa shape index (κ1) is 9.48. The number of rotatable bonds is 3. The summed E-state index contributed by atoms with van der Waals surface area (Å²) in [5.74, 6) is 0. The predicted molar refractivity (Wildman–Crippen MR) is 53.7 cm³/mol. The Morgan fingerprint density at radius 1 is 1.57 bits per heavy atom. The van der Waals surface area contributed by atoms with Gasteiger partial charge in [0.15, 0.2) is 0 Å². The van der Waals surface area contributed by atoms with E-state index in [1.54, 1.807) is 6.20 Å². The monoisotopic (exact) mass is 196 g/mol. The van der Waals surface area contributed by atoms with Gasteiger partial charge in [-0.3, -0.25) is 9.58 Å². The molecule has 5 heteroatoms. The van der Waals surface area contributed by atoms with Crippen LogP contribution in [0, 0.1) is 0 Å². The summed E-state index contributed by atoms with van der Waals surface area (Å²) in [7, 11) is 0. The fourth-order valence-corrected chi connectivity index (χ4v) is 1.76. The zero-order valence-corrected chi connectivity index (χ0v) is 8.13. The highest BCUT2D eigenvalue weighted by Crippen LogP contribution is 2.08. The quantitative estimate of drug-likeness (QED) is 0.686. The molecule has 5 nitrogen and oxygen atoms in total. The van der Waals surface area contributed by atoms with Crippen LogP contribution < -0.4 is 5.73 Å². The van der Waals surface area contributed by atoms with E-state index in [1.807, 2.05) is 10.9 Å². The van der Waals surface area contributed by atoms with Crippen LogP contribution in [0.2, 0.25) is 0 Å². The van der Waals surface area contributed by atoms with E-state index < -0.39 is 0 Å². The average molecular weight is 196 g/mol. The number of nitrogen functional groups attached to an aromatic ring is 1. The molecule has 1 aromatic rings. The highest BCUT2D eigenvalue weighted by atomic mass is 16.3. The third-order valence-corrected chi connectivity index (χ3v) is 2.55. The van der Waals surface area contributed by atoms with Crippen molar-refractivity contribution < 1.29 is 5.11 Å². The van der Waals surface area contributed by atoms with Crippen LogP contribution in [-0.4, -0.2) is 45.5 Å². The van der Waals surface area contributed by atoms with Gasteiger partial charge >= 0.3 is 0 Å². The van der Waals surface area contributed by atoms with Crippen molar-refractivity contribution in [1.82, 2.24) is 14.7 Å². The lowest BCUT2D eigenvalue weighted by molar-refractivity contribution is 0.174. The van der Waals surface area contributed by atoms with Gasteiger partial charge in [0.25, 0.3) is 0 Å². The second-order valence-corrected chi connectivity index (χ2v) is 3.78. The molecular weight excluding hydrogens is 180 g/mol. The van der Waals surface area contributed by atoms with Crippen molar-refractivity contribution in [3.05, 3.63) is 12.4 Å². The number of β-amino-alcohol motifs (C(OH)–C–C–N with tert-alkyl or cyclic N) is 1. The SMILES string of the molecule is Nc1cnn(CCN2CCC(O)C2)c1. The van der Waals surface area contributed by atoms with Gasteiger partial charge in [-0.25, -0.2) is 0 Å². The number of nitrogens with two attached hydrogens (primary N) is 1. The van der Waals surface area contributed by atoms with Crippen molar-refractivity contribution in [2.75, 3.05) is 25.4 Å². The third kappa shape index (κ3) is 2.24. The largest absolute Gasteiger partial charge is 0.396 e. The second kappa shape index (κ2) is 3.98. The lowest BCUT2D eigenvalue weighted by Crippen LogP contribution is -2.26. The summed E-state index contributed by atoms with van der Waals surface area (Å²) in [6.07, 6.45) is 4.23. The van der Waals surface area contributed by atoms with Crippen molar-refractivity contribution >= 4 is 5.69 Å². The lowest BCUT2D eigenvalue weighted by Gasteiger charge is -2.14. The number of likely N-dealkylation sites (tertiary alicyclic amines) is 1. The fraction of sp³-hybridized carbons (Fsp3) is 0.667. The van der Waals surface area contributed by atoms with E-state index in [4.69, 9.17) is 5.73 Å². The zero-order chi connectivity index (χ0) is 9.97. The second-order valence-electron chi connectivity index (χ2n) is 3.78. The minimum atomic E-state index is -0.141. The molecule has 0 saturated carbocycles. The summed E-state index contributed by atoms with van der Waals surface area (Å²) < 4.78 is 1.83. The van der Waals surface area contributed by atoms with Crippen LogP contribution in [0.3, 0.4) is 0 Å². The first-order valence-corrected chi connectivity index (χ1v) is 4.92. The van der Waals surface area contributed by atoms with Crippen LogP contribution in [0.25, 0.3) is 0 Å². The molecule has 0 spiro atoms. The number of hydrogen-bond donors (Lipinski definition) is 2. The Labute approximate surface area is 83.1 Å². The van der Waals surface area contributed by atoms with E-state index >= 15 is 0 Å². The number of hydrogen-bond acceptors (Lipinski definition) is 4. The maximum atomic E-state index is 9.32. The van der Waals surface area contributed by atoms with E-state index in [-0.39, 0.29) is 6.10 Å². The van der Waals surface area contributed by atoms with Crippen LogP contribution in [0.4, 0.5) is 5.69 Å². The number of aromatic nitrogens is 2. The number of nitrogens with zero attached hydrogens (tertiary/aromatic N) is 3. The van der Waals surface area contributed by atoms with Crippen molar-refractivity contribution in [3.8, 4) is 0 Å². The molecule has 78 valence electrons. The van der Waals surface area contributed by atoms with Gasteiger partial charge in [-0.2, -0.15) is 5.10 Å². The van der Waals surface area contributed by atoms with Crippen LogP contribution in [-0.2, 0) is 6.54 Å². The zero-order valence-electron chi connectivity index (χ0n) is 8.13. The fourth-order valence-electron chi connectivity index (χ4n) is 1.76. The molecule has 2 rings (SSSR count). The minimum absolute atomic E-state index is 0.141. The van der Waals surface area contributed by atoms with E-state index in [9.17, 15) is 5.11 Å². The first-order chi connectivity index (χ1) is 6.74. The smallest absolute Gasteiger partial charge is 0.0719 e. The van der Waals surface area contributed by atoms with Gasteiger partial charge in [-0.05, 0) is 6.42 Å². The topological polar surface area (TPSA) is 67.3 Å². The van der Waals surface area contributed by atoms with E-state index in [2.05, 4.69) is 10.00 Å². The van der Waals surface area contributed by atoms with Gasteiger partial charge in [-0.15, -0.1) is 0 Å². The summed E-state index contributed by atoms with van der Waals surface area (Å²) in [4.78, 5) is 2.24. The van der Waals surface area contributed by atoms with Crippen LogP contribution in [0.15, 0.2) is 12.4 Å². The summed E-state index contributed by atoms with van der Waals surface area (Å²) in [5, 5.41) is 13.4. The van der Waals surface area contributed by atoms with Gasteiger partial charge in [0.05, 0.1) is 24.5 Å². The Bertz CT molecular complexity index is 299. The molecule has 1 aromatic heterocycles. The molecule has 1 unspecified atom stereocenters. The Morgan fingerprint density at radius 2 is 2.43 bits per heavy atom. The highest BCUT2D eigenvalue weighted by Gasteiger charge is 2.19. The van der Waals surface area contributed by atoms with E-state index in [1.165, 1.54) is 0 Å². The van der Waals surface area contributed by atoms with E-state index in [0.29, 0.717) is 5.69 Å². The van der Waals surface area contributed by atoms with Gasteiger partial charge < -0.3 is 10.8 Å². The predicted octanol–water partition coefficient (Wildman–Crippen LogP) is -0.468. The van der Waals surface area contributed by atoms with Crippen LogP contribution >= 0.6 is 0 Å². The molecular formula is C9H16N4O. The average Bonchev–Trinajstić information content (AvgIpc) is 2.72. The van der Waals surface area contributed by atoms with Gasteiger partial charge in [0.2, 0.25) is 0 Å². The minimum Gasteiger partial charge on any atom is -0.396 e. The number of aliphatic hydroxyl groups excluding tert-OH is 1. The van der Waals surface area contributed by atoms with Gasteiger partial charge in [0, 0.05) is 25.8 Å². The van der Waals surface area contributed by atoms with Crippen molar-refractivity contribution in [3.63, 3.8) is 0 Å². The molecule has 0 amide bonds. The Morgan fingerprint density at radius 3 is 3.00 bits per heavy atom. The van der Waals surface area contributed by atoms with Crippen molar-refractivity contribution in [1.29, 1.82) is 0 Å². The molecule has 1 atom stereocenters. The summed E-state index contributed by atoms with van der Waals surface area (Å²) >= 11 is 0. The third-order valence-electron chi connectivity index (χ3n) is 2.55. The van der Waals surface area contributed by atoms with Gasteiger partial charge in [0.1, 0.15) is 0 Å². The molecule has 0 radical (unpaired) electrons.